The average Bonchev–Trinajstić information content (AvgIpc) is 3.22. The van der Waals surface area contributed by atoms with Crippen LogP contribution in [0.5, 0.6) is 11.5 Å². The molecule has 1 heterocycles. The first-order valence-corrected chi connectivity index (χ1v) is 10.5. The van der Waals surface area contributed by atoms with Crippen molar-refractivity contribution in [2.45, 2.75) is 12.1 Å². The van der Waals surface area contributed by atoms with Crippen LogP contribution in [0.2, 0.25) is 0 Å². The summed E-state index contributed by atoms with van der Waals surface area (Å²) in [7, 11) is 3.04. The molecule has 0 spiro atoms. The van der Waals surface area contributed by atoms with Gasteiger partial charge in [0.2, 0.25) is 5.91 Å². The summed E-state index contributed by atoms with van der Waals surface area (Å²) in [5.74, 6) is 1.60. The Morgan fingerprint density at radius 2 is 1.87 bits per heavy atom. The van der Waals surface area contributed by atoms with Crippen molar-refractivity contribution >= 4 is 23.7 Å². The zero-order valence-electron chi connectivity index (χ0n) is 17.4. The minimum absolute atomic E-state index is 0.000688. The summed E-state index contributed by atoms with van der Waals surface area (Å²) < 4.78 is 12.7. The number of methoxy groups -OCH3 is 1. The van der Waals surface area contributed by atoms with Gasteiger partial charge >= 0.3 is 6.03 Å². The summed E-state index contributed by atoms with van der Waals surface area (Å²) in [5, 5.41) is 13.7. The number of amides is 3. The number of aromatic nitrogens is 3. The number of hydrogen-bond acceptors (Lipinski definition) is 7. The van der Waals surface area contributed by atoms with Crippen LogP contribution >= 0.6 is 11.8 Å². The van der Waals surface area contributed by atoms with E-state index >= 15 is 0 Å². The second-order valence-corrected chi connectivity index (χ2v) is 7.16. The maximum absolute atomic E-state index is 12.0. The van der Waals surface area contributed by atoms with Gasteiger partial charge < -0.3 is 14.8 Å². The number of ether oxygens (including phenoxy) is 2. The third-order valence-electron chi connectivity index (χ3n) is 4.18. The monoisotopic (exact) mass is 441 g/mol. The first-order chi connectivity index (χ1) is 15.0. The molecule has 0 aliphatic heterocycles. The minimum atomic E-state index is -0.560. The summed E-state index contributed by atoms with van der Waals surface area (Å²) in [6.07, 6.45) is 0. The third kappa shape index (κ3) is 5.54. The second-order valence-electron chi connectivity index (χ2n) is 6.22. The Morgan fingerprint density at radius 3 is 2.55 bits per heavy atom. The Labute approximate surface area is 184 Å². The van der Waals surface area contributed by atoms with Gasteiger partial charge in [0, 0.05) is 18.3 Å². The van der Waals surface area contributed by atoms with Gasteiger partial charge in [-0.05, 0) is 43.3 Å². The van der Waals surface area contributed by atoms with Crippen LogP contribution in [0.1, 0.15) is 6.92 Å². The lowest BCUT2D eigenvalue weighted by Crippen LogP contribution is -2.38. The maximum Gasteiger partial charge on any atom is 0.321 e. The molecule has 0 saturated heterocycles. The SMILES string of the molecule is CCOc1ccc(-n2c(SCC(=O)NC(=O)NC)nnc2-c2cccc(OC)c2)cc1. The summed E-state index contributed by atoms with van der Waals surface area (Å²) in [5.41, 5.74) is 1.61. The lowest BCUT2D eigenvalue weighted by molar-refractivity contribution is -0.117. The summed E-state index contributed by atoms with van der Waals surface area (Å²) in [6, 6.07) is 14.4. The third-order valence-corrected chi connectivity index (χ3v) is 5.11. The van der Waals surface area contributed by atoms with Gasteiger partial charge in [-0.2, -0.15) is 0 Å². The van der Waals surface area contributed by atoms with E-state index in [9.17, 15) is 9.59 Å². The average molecular weight is 442 g/mol. The molecule has 31 heavy (non-hydrogen) atoms. The smallest absolute Gasteiger partial charge is 0.321 e. The fraction of sp³-hybridized carbons (Fsp3) is 0.238. The molecule has 2 aromatic carbocycles. The molecule has 0 radical (unpaired) electrons. The van der Waals surface area contributed by atoms with Gasteiger partial charge in [0.15, 0.2) is 11.0 Å². The highest BCUT2D eigenvalue weighted by Crippen LogP contribution is 2.30. The van der Waals surface area contributed by atoms with E-state index in [-0.39, 0.29) is 5.75 Å². The number of imide groups is 1. The van der Waals surface area contributed by atoms with Crippen LogP contribution in [-0.2, 0) is 4.79 Å². The van der Waals surface area contributed by atoms with E-state index in [0.29, 0.717) is 23.3 Å². The molecule has 2 N–H and O–H groups in total. The molecule has 0 aliphatic rings. The number of urea groups is 1. The minimum Gasteiger partial charge on any atom is -0.497 e. The van der Waals surface area contributed by atoms with Crippen molar-refractivity contribution in [3.05, 3.63) is 48.5 Å². The van der Waals surface area contributed by atoms with E-state index in [4.69, 9.17) is 9.47 Å². The molecule has 10 heteroatoms. The molecular formula is C21H23N5O4S. The molecule has 0 saturated carbocycles. The molecule has 9 nitrogen and oxygen atoms in total. The van der Waals surface area contributed by atoms with Crippen LogP contribution in [0.4, 0.5) is 4.79 Å². The number of hydrogen-bond donors (Lipinski definition) is 2. The van der Waals surface area contributed by atoms with Gasteiger partial charge in [0.05, 0.1) is 19.5 Å². The lowest BCUT2D eigenvalue weighted by Gasteiger charge is -2.12. The van der Waals surface area contributed by atoms with Crippen LogP contribution in [0.25, 0.3) is 17.1 Å². The Kier molecular flexibility index (Phi) is 7.50. The van der Waals surface area contributed by atoms with Gasteiger partial charge in [0.25, 0.3) is 0 Å². The van der Waals surface area contributed by atoms with Gasteiger partial charge in [-0.25, -0.2) is 4.79 Å². The number of rotatable bonds is 8. The van der Waals surface area contributed by atoms with E-state index in [1.165, 1.54) is 18.8 Å². The van der Waals surface area contributed by atoms with Crippen molar-refractivity contribution in [1.29, 1.82) is 0 Å². The van der Waals surface area contributed by atoms with Crippen LogP contribution in [0, 0.1) is 0 Å². The van der Waals surface area contributed by atoms with Crippen molar-refractivity contribution in [3.8, 4) is 28.6 Å². The van der Waals surface area contributed by atoms with Gasteiger partial charge in [0.1, 0.15) is 11.5 Å². The number of carbonyl (C=O) groups excluding carboxylic acids is 2. The van der Waals surface area contributed by atoms with Crippen molar-refractivity contribution in [2.24, 2.45) is 0 Å². The Balaban J connectivity index is 1.96. The topological polar surface area (TPSA) is 107 Å². The van der Waals surface area contributed by atoms with E-state index in [1.54, 1.807) is 7.11 Å². The number of nitrogens with zero attached hydrogens (tertiary/aromatic N) is 3. The molecule has 0 aliphatic carbocycles. The van der Waals surface area contributed by atoms with E-state index in [0.717, 1.165) is 17.0 Å². The zero-order chi connectivity index (χ0) is 22.2. The predicted octanol–water partition coefficient (Wildman–Crippen LogP) is 2.89. The zero-order valence-corrected chi connectivity index (χ0v) is 18.2. The quantitative estimate of drug-likeness (QED) is 0.518. The number of thioether (sulfide) groups is 1. The van der Waals surface area contributed by atoms with Gasteiger partial charge in [-0.3, -0.25) is 14.7 Å². The summed E-state index contributed by atoms with van der Waals surface area (Å²) >= 11 is 1.18. The Morgan fingerprint density at radius 1 is 1.10 bits per heavy atom. The fourth-order valence-electron chi connectivity index (χ4n) is 2.76. The molecule has 1 aromatic heterocycles. The molecule has 0 bridgehead atoms. The Bertz CT molecular complexity index is 1050. The molecule has 0 fully saturated rings. The summed E-state index contributed by atoms with van der Waals surface area (Å²) in [6.45, 7) is 2.50. The lowest BCUT2D eigenvalue weighted by atomic mass is 10.2. The molecule has 0 atom stereocenters. The number of benzene rings is 2. The molecule has 3 aromatic rings. The predicted molar refractivity (Wildman–Crippen MR) is 118 cm³/mol. The van der Waals surface area contributed by atoms with Crippen LogP contribution in [0.3, 0.4) is 0 Å². The maximum atomic E-state index is 12.0. The van der Waals surface area contributed by atoms with Crippen LogP contribution < -0.4 is 20.1 Å². The molecule has 3 amide bonds. The standard InChI is InChI=1S/C21H23N5O4S/c1-4-30-16-10-8-15(9-11-16)26-19(14-6-5-7-17(12-14)29-3)24-25-21(26)31-13-18(27)23-20(28)22-2/h5-12H,4,13H2,1-3H3,(H2,22,23,27,28). The first kappa shape index (κ1) is 22.2. The number of carbonyl (C=O) groups is 2. The van der Waals surface area contributed by atoms with Crippen LogP contribution in [0.15, 0.2) is 53.7 Å². The molecule has 162 valence electrons. The Hall–Kier alpha value is -3.53. The first-order valence-electron chi connectivity index (χ1n) is 9.53. The van der Waals surface area contributed by atoms with E-state index in [2.05, 4.69) is 20.8 Å². The molecule has 3 rings (SSSR count). The van der Waals surface area contributed by atoms with E-state index < -0.39 is 11.9 Å². The van der Waals surface area contributed by atoms with Crippen molar-refractivity contribution in [1.82, 2.24) is 25.4 Å². The van der Waals surface area contributed by atoms with Gasteiger partial charge in [-0.1, -0.05) is 23.9 Å². The summed E-state index contributed by atoms with van der Waals surface area (Å²) in [4.78, 5) is 23.4. The van der Waals surface area contributed by atoms with Gasteiger partial charge in [-0.15, -0.1) is 10.2 Å². The van der Waals surface area contributed by atoms with Crippen molar-refractivity contribution in [3.63, 3.8) is 0 Å². The second kappa shape index (κ2) is 10.5. The molecule has 0 unspecified atom stereocenters. The van der Waals surface area contributed by atoms with Crippen LogP contribution in [-0.4, -0.2) is 53.2 Å². The fourth-order valence-corrected chi connectivity index (χ4v) is 3.51. The highest BCUT2D eigenvalue weighted by atomic mass is 32.2. The van der Waals surface area contributed by atoms with Crippen molar-refractivity contribution in [2.75, 3.05) is 26.5 Å². The number of nitrogens with one attached hydrogen (secondary N) is 2. The van der Waals surface area contributed by atoms with Crippen molar-refractivity contribution < 1.29 is 19.1 Å². The highest BCUT2D eigenvalue weighted by molar-refractivity contribution is 7.99. The molecular weight excluding hydrogens is 418 g/mol. The largest absolute Gasteiger partial charge is 0.497 e. The van der Waals surface area contributed by atoms with E-state index in [1.807, 2.05) is 60.0 Å². The highest BCUT2D eigenvalue weighted by Gasteiger charge is 2.18. The normalized spacial score (nSPS) is 10.4.